The summed E-state index contributed by atoms with van der Waals surface area (Å²) in [7, 11) is 0. The number of nitrogens with two attached hydrogens (primary N) is 1. The summed E-state index contributed by atoms with van der Waals surface area (Å²) in [4.78, 5) is 8.27. The van der Waals surface area contributed by atoms with E-state index in [9.17, 15) is 0 Å². The number of hydrogen-bond acceptors (Lipinski definition) is 4. The van der Waals surface area contributed by atoms with Gasteiger partial charge in [0, 0.05) is 35.4 Å². The molecule has 0 bridgehead atoms. The molecule has 0 amide bonds. The van der Waals surface area contributed by atoms with Gasteiger partial charge in [0.25, 0.3) is 0 Å². The van der Waals surface area contributed by atoms with Gasteiger partial charge in [-0.1, -0.05) is 0 Å². The van der Waals surface area contributed by atoms with Crippen LogP contribution in [0.15, 0.2) is 43.4 Å². The summed E-state index contributed by atoms with van der Waals surface area (Å²) in [5.41, 5.74) is 9.56. The Morgan fingerprint density at radius 2 is 2.17 bits per heavy atom. The average molecular weight is 240 g/mol. The number of imidazole rings is 1. The van der Waals surface area contributed by atoms with E-state index in [1.165, 1.54) is 0 Å². The van der Waals surface area contributed by atoms with E-state index in [-0.39, 0.29) is 0 Å². The van der Waals surface area contributed by atoms with Crippen LogP contribution in [0.4, 0.5) is 5.69 Å². The van der Waals surface area contributed by atoms with Gasteiger partial charge < -0.3 is 10.3 Å². The highest BCUT2D eigenvalue weighted by molar-refractivity contribution is 5.72. The van der Waals surface area contributed by atoms with Gasteiger partial charge in [0.1, 0.15) is 0 Å². The topological polar surface area (TPSA) is 85.4 Å². The van der Waals surface area contributed by atoms with E-state index in [4.69, 9.17) is 5.73 Å². The molecule has 0 aliphatic rings. The first-order valence-electron chi connectivity index (χ1n) is 5.52. The smallest absolute Gasteiger partial charge is 0.0954 e. The Labute approximate surface area is 104 Å². The number of hydrogen-bond donors (Lipinski definition) is 2. The Kier molecular flexibility index (Phi) is 2.53. The van der Waals surface area contributed by atoms with Gasteiger partial charge in [-0.05, 0) is 6.07 Å². The van der Waals surface area contributed by atoms with Crippen molar-refractivity contribution in [3.63, 3.8) is 0 Å². The van der Waals surface area contributed by atoms with Crippen LogP contribution in [0.1, 0.15) is 5.56 Å². The van der Waals surface area contributed by atoms with Crippen LogP contribution in [-0.2, 0) is 6.54 Å². The minimum Gasteiger partial charge on any atom is -0.398 e. The third-order valence-corrected chi connectivity index (χ3v) is 2.75. The van der Waals surface area contributed by atoms with Crippen LogP contribution in [0, 0.1) is 0 Å². The Balaban J connectivity index is 1.99. The fraction of sp³-hybridized carbons (Fsp3) is 0.0833. The summed E-state index contributed by atoms with van der Waals surface area (Å²) in [5.74, 6) is 0. The SMILES string of the molecule is Nc1ccncc1-c1cncn1Cc1cn[nH]c1. The third kappa shape index (κ3) is 1.84. The van der Waals surface area contributed by atoms with Gasteiger partial charge in [-0.15, -0.1) is 0 Å². The van der Waals surface area contributed by atoms with Crippen molar-refractivity contribution in [3.8, 4) is 11.3 Å². The molecule has 0 aliphatic carbocycles. The molecular weight excluding hydrogens is 228 g/mol. The molecule has 0 fully saturated rings. The van der Waals surface area contributed by atoms with Gasteiger partial charge >= 0.3 is 0 Å². The first-order valence-corrected chi connectivity index (χ1v) is 5.52. The van der Waals surface area contributed by atoms with Crippen molar-refractivity contribution in [2.75, 3.05) is 5.73 Å². The average Bonchev–Trinajstić information content (AvgIpc) is 3.02. The molecule has 0 unspecified atom stereocenters. The first kappa shape index (κ1) is 10.5. The fourth-order valence-corrected chi connectivity index (χ4v) is 1.85. The van der Waals surface area contributed by atoms with Gasteiger partial charge in [-0.2, -0.15) is 5.10 Å². The Bertz CT molecular complexity index is 640. The van der Waals surface area contributed by atoms with Crippen molar-refractivity contribution < 1.29 is 0 Å². The molecule has 0 radical (unpaired) electrons. The van der Waals surface area contributed by atoms with E-state index in [1.54, 1.807) is 37.2 Å². The molecule has 3 heterocycles. The molecule has 6 heteroatoms. The van der Waals surface area contributed by atoms with Crippen molar-refractivity contribution in [1.82, 2.24) is 24.7 Å². The zero-order chi connectivity index (χ0) is 12.4. The monoisotopic (exact) mass is 240 g/mol. The maximum atomic E-state index is 5.95. The molecule has 3 aromatic rings. The van der Waals surface area contributed by atoms with Crippen molar-refractivity contribution in [2.45, 2.75) is 6.54 Å². The molecular formula is C12H12N6. The number of nitrogens with one attached hydrogen (secondary N) is 1. The highest BCUT2D eigenvalue weighted by Crippen LogP contribution is 2.24. The summed E-state index contributed by atoms with van der Waals surface area (Å²) < 4.78 is 2.01. The number of rotatable bonds is 3. The van der Waals surface area contributed by atoms with Gasteiger partial charge in [-0.3, -0.25) is 10.1 Å². The van der Waals surface area contributed by atoms with Gasteiger partial charge in [0.2, 0.25) is 0 Å². The van der Waals surface area contributed by atoms with E-state index >= 15 is 0 Å². The summed E-state index contributed by atoms with van der Waals surface area (Å²) in [6.45, 7) is 0.695. The highest BCUT2D eigenvalue weighted by atomic mass is 15.1. The van der Waals surface area contributed by atoms with Crippen LogP contribution in [0.25, 0.3) is 11.3 Å². The van der Waals surface area contributed by atoms with E-state index in [1.807, 2.05) is 10.8 Å². The maximum Gasteiger partial charge on any atom is 0.0954 e. The number of nitrogen functional groups attached to an aromatic ring is 1. The van der Waals surface area contributed by atoms with E-state index in [0.717, 1.165) is 16.8 Å². The molecule has 0 atom stereocenters. The lowest BCUT2D eigenvalue weighted by Crippen LogP contribution is -2.01. The lowest BCUT2D eigenvalue weighted by Gasteiger charge is -2.08. The first-order chi connectivity index (χ1) is 8.84. The van der Waals surface area contributed by atoms with Crippen LogP contribution in [0.3, 0.4) is 0 Å². The summed E-state index contributed by atoms with van der Waals surface area (Å²) >= 11 is 0. The number of nitrogens with zero attached hydrogens (tertiary/aromatic N) is 4. The number of anilines is 1. The Hall–Kier alpha value is -2.63. The van der Waals surface area contributed by atoms with Crippen molar-refractivity contribution in [3.05, 3.63) is 48.9 Å². The minimum atomic E-state index is 0.693. The molecule has 18 heavy (non-hydrogen) atoms. The third-order valence-electron chi connectivity index (χ3n) is 2.75. The molecule has 0 aromatic carbocycles. The predicted octanol–water partition coefficient (Wildman–Crippen LogP) is 1.30. The predicted molar refractivity (Wildman–Crippen MR) is 67.6 cm³/mol. The molecule has 0 aliphatic heterocycles. The van der Waals surface area contributed by atoms with Crippen molar-refractivity contribution in [1.29, 1.82) is 0 Å². The standard InChI is InChI=1S/C12H12N6/c13-11-1-2-14-5-10(11)12-6-15-8-18(12)7-9-3-16-17-4-9/h1-6,8H,7H2,(H2,13,14)(H,16,17). The van der Waals surface area contributed by atoms with Gasteiger partial charge in [-0.25, -0.2) is 4.98 Å². The Morgan fingerprint density at radius 1 is 1.22 bits per heavy atom. The van der Waals surface area contributed by atoms with E-state index in [0.29, 0.717) is 12.2 Å². The van der Waals surface area contributed by atoms with Crippen molar-refractivity contribution in [2.24, 2.45) is 0 Å². The molecule has 0 saturated heterocycles. The zero-order valence-electron chi connectivity index (χ0n) is 9.61. The molecule has 3 rings (SSSR count). The molecule has 6 nitrogen and oxygen atoms in total. The molecule has 0 spiro atoms. The largest absolute Gasteiger partial charge is 0.398 e. The lowest BCUT2D eigenvalue weighted by atomic mass is 10.2. The second kappa shape index (κ2) is 4.33. The van der Waals surface area contributed by atoms with Crippen LogP contribution in [0.5, 0.6) is 0 Å². The lowest BCUT2D eigenvalue weighted by molar-refractivity contribution is 0.805. The summed E-state index contributed by atoms with van der Waals surface area (Å²) in [5, 5.41) is 6.72. The number of pyridine rings is 1. The van der Waals surface area contributed by atoms with Crippen LogP contribution in [-0.4, -0.2) is 24.7 Å². The zero-order valence-corrected chi connectivity index (χ0v) is 9.61. The second-order valence-corrected chi connectivity index (χ2v) is 3.98. The van der Waals surface area contributed by atoms with Gasteiger partial charge in [0.05, 0.1) is 31.0 Å². The van der Waals surface area contributed by atoms with Crippen molar-refractivity contribution >= 4 is 5.69 Å². The number of aromatic amines is 1. The highest BCUT2D eigenvalue weighted by Gasteiger charge is 2.09. The maximum absolute atomic E-state index is 5.95. The molecule has 90 valence electrons. The summed E-state index contributed by atoms with van der Waals surface area (Å²) in [6, 6.07) is 1.78. The Morgan fingerprint density at radius 3 is 2.94 bits per heavy atom. The molecule has 3 N–H and O–H groups in total. The molecule has 3 aromatic heterocycles. The quantitative estimate of drug-likeness (QED) is 0.722. The number of H-pyrrole nitrogens is 1. The van der Waals surface area contributed by atoms with Crippen LogP contribution in [0.2, 0.25) is 0 Å². The molecule has 0 saturated carbocycles. The van der Waals surface area contributed by atoms with E-state index in [2.05, 4.69) is 20.2 Å². The summed E-state index contributed by atoms with van der Waals surface area (Å²) in [6.07, 6.45) is 10.6. The van der Waals surface area contributed by atoms with Gasteiger partial charge in [0.15, 0.2) is 0 Å². The second-order valence-electron chi connectivity index (χ2n) is 3.98. The van der Waals surface area contributed by atoms with Crippen LogP contribution >= 0.6 is 0 Å². The number of aromatic nitrogens is 5. The van der Waals surface area contributed by atoms with Crippen LogP contribution < -0.4 is 5.73 Å². The minimum absolute atomic E-state index is 0.693. The normalized spacial score (nSPS) is 10.7. The van der Waals surface area contributed by atoms with E-state index < -0.39 is 0 Å². The fourth-order valence-electron chi connectivity index (χ4n) is 1.85.